The van der Waals surface area contributed by atoms with Gasteiger partial charge in [-0.05, 0) is 55.5 Å². The summed E-state index contributed by atoms with van der Waals surface area (Å²) in [6.07, 6.45) is 3.79. The maximum absolute atomic E-state index is 13.1. The van der Waals surface area contributed by atoms with Crippen molar-refractivity contribution in [1.29, 1.82) is 0 Å². The van der Waals surface area contributed by atoms with Crippen molar-refractivity contribution in [3.05, 3.63) is 57.5 Å². The smallest absolute Gasteiger partial charge is 0.264 e. The first-order chi connectivity index (χ1) is 12.6. The highest BCUT2D eigenvalue weighted by molar-refractivity contribution is 5.97. The topological polar surface area (TPSA) is 95.2 Å². The van der Waals surface area contributed by atoms with E-state index in [1.807, 2.05) is 17.0 Å². The van der Waals surface area contributed by atoms with Crippen LogP contribution in [0.15, 0.2) is 35.1 Å². The third-order valence-electron chi connectivity index (χ3n) is 5.03. The van der Waals surface area contributed by atoms with Crippen LogP contribution < -0.4 is 10.9 Å². The van der Waals surface area contributed by atoms with Gasteiger partial charge in [0.1, 0.15) is 0 Å². The van der Waals surface area contributed by atoms with Gasteiger partial charge in [-0.15, -0.1) is 0 Å². The number of hydrogen-bond acceptors (Lipinski definition) is 4. The Morgan fingerprint density at radius 3 is 2.81 bits per heavy atom. The van der Waals surface area contributed by atoms with E-state index in [1.54, 1.807) is 12.1 Å². The Hall–Kier alpha value is -2.96. The number of likely N-dealkylation sites (tertiary alicyclic amines) is 1. The number of hydrogen-bond donors (Lipinski definition) is 2. The highest BCUT2D eigenvalue weighted by Crippen LogP contribution is 2.32. The molecule has 7 nitrogen and oxygen atoms in total. The summed E-state index contributed by atoms with van der Waals surface area (Å²) in [4.78, 5) is 37.8. The molecule has 4 rings (SSSR count). The number of nitrogens with zero attached hydrogens (tertiary/aromatic N) is 2. The highest BCUT2D eigenvalue weighted by Gasteiger charge is 2.32. The Morgan fingerprint density at radius 2 is 2.00 bits per heavy atom. The molecule has 26 heavy (non-hydrogen) atoms. The minimum absolute atomic E-state index is 0.0200. The van der Waals surface area contributed by atoms with E-state index in [0.717, 1.165) is 36.9 Å². The predicted octanol–water partition coefficient (Wildman–Crippen LogP) is 2.02. The molecule has 1 aromatic heterocycles. The molecule has 134 valence electrons. The normalized spacial score (nSPS) is 19.6. The number of rotatable bonds is 2. The molecule has 0 radical (unpaired) electrons. The number of aromatic nitrogens is 2. The van der Waals surface area contributed by atoms with Gasteiger partial charge in [0.05, 0.1) is 11.7 Å². The second-order valence-electron chi connectivity index (χ2n) is 6.78. The molecule has 0 spiro atoms. The first kappa shape index (κ1) is 16.5. The lowest BCUT2D eigenvalue weighted by Crippen LogP contribution is -2.31. The van der Waals surface area contributed by atoms with Gasteiger partial charge in [0, 0.05) is 30.3 Å². The third kappa shape index (κ3) is 3.12. The number of aryl methyl sites for hydroxylation is 1. The summed E-state index contributed by atoms with van der Waals surface area (Å²) in [7, 11) is 0. The van der Waals surface area contributed by atoms with E-state index in [4.69, 9.17) is 0 Å². The molecule has 0 saturated carbocycles. The van der Waals surface area contributed by atoms with Crippen molar-refractivity contribution >= 4 is 17.5 Å². The zero-order chi connectivity index (χ0) is 18.1. The Morgan fingerprint density at radius 1 is 1.12 bits per heavy atom. The van der Waals surface area contributed by atoms with Crippen LogP contribution in [0.2, 0.25) is 0 Å². The molecule has 1 atom stereocenters. The zero-order valence-electron chi connectivity index (χ0n) is 14.3. The number of aromatic amines is 1. The maximum Gasteiger partial charge on any atom is 0.264 e. The Bertz CT molecular complexity index is 901. The maximum atomic E-state index is 13.1. The third-order valence-corrected chi connectivity index (χ3v) is 5.03. The summed E-state index contributed by atoms with van der Waals surface area (Å²) in [5, 5.41) is 9.43. The first-order valence-electron chi connectivity index (χ1n) is 8.91. The molecule has 1 aromatic carbocycles. The average Bonchev–Trinajstić information content (AvgIpc) is 3.04. The van der Waals surface area contributed by atoms with Crippen molar-refractivity contribution in [1.82, 2.24) is 15.1 Å². The molecule has 1 fully saturated rings. The van der Waals surface area contributed by atoms with Crippen LogP contribution >= 0.6 is 0 Å². The molecule has 2 N–H and O–H groups in total. The molecule has 1 unspecified atom stereocenters. The fourth-order valence-corrected chi connectivity index (χ4v) is 3.73. The number of fused-ring (bicyclic) bond motifs is 1. The second-order valence-corrected chi connectivity index (χ2v) is 6.78. The Kier molecular flexibility index (Phi) is 4.28. The van der Waals surface area contributed by atoms with E-state index in [1.165, 1.54) is 6.07 Å². The van der Waals surface area contributed by atoms with E-state index >= 15 is 0 Å². The fraction of sp³-hybridized carbons (Fsp3) is 0.368. The molecule has 0 bridgehead atoms. The Balaban J connectivity index is 1.60. The monoisotopic (exact) mass is 352 g/mol. The summed E-state index contributed by atoms with van der Waals surface area (Å²) in [5.74, 6) is -0.0227. The minimum Gasteiger partial charge on any atom is -0.330 e. The van der Waals surface area contributed by atoms with Crippen molar-refractivity contribution in [3.63, 3.8) is 0 Å². The van der Waals surface area contributed by atoms with Gasteiger partial charge in [0.2, 0.25) is 5.91 Å². The van der Waals surface area contributed by atoms with Crippen LogP contribution in [0.5, 0.6) is 0 Å². The lowest BCUT2D eigenvalue weighted by molar-refractivity contribution is -0.116. The molecule has 0 aliphatic carbocycles. The molecular weight excluding hydrogens is 332 g/mol. The summed E-state index contributed by atoms with van der Waals surface area (Å²) in [6, 6.07) is 8.46. The lowest BCUT2D eigenvalue weighted by Gasteiger charge is -2.24. The summed E-state index contributed by atoms with van der Waals surface area (Å²) in [5.41, 5.74) is 2.87. The van der Waals surface area contributed by atoms with Gasteiger partial charge < -0.3 is 10.2 Å². The minimum atomic E-state index is -0.252. The van der Waals surface area contributed by atoms with Gasteiger partial charge in [0.15, 0.2) is 0 Å². The van der Waals surface area contributed by atoms with Crippen LogP contribution in [0, 0.1) is 0 Å². The van der Waals surface area contributed by atoms with E-state index in [0.29, 0.717) is 24.2 Å². The highest BCUT2D eigenvalue weighted by atomic mass is 16.2. The van der Waals surface area contributed by atoms with E-state index in [2.05, 4.69) is 15.5 Å². The van der Waals surface area contributed by atoms with Crippen molar-refractivity contribution in [3.8, 4) is 0 Å². The van der Waals surface area contributed by atoms with Gasteiger partial charge in [-0.25, -0.2) is 5.10 Å². The van der Waals surface area contributed by atoms with E-state index in [-0.39, 0.29) is 23.4 Å². The molecule has 1 saturated heterocycles. The second kappa shape index (κ2) is 6.74. The quantitative estimate of drug-likeness (QED) is 0.864. The Labute approximate surface area is 150 Å². The van der Waals surface area contributed by atoms with Crippen LogP contribution in [-0.2, 0) is 11.2 Å². The average molecular weight is 352 g/mol. The van der Waals surface area contributed by atoms with Crippen LogP contribution in [0.1, 0.15) is 53.3 Å². The molecule has 2 aliphatic heterocycles. The molecular formula is C19H20N4O3. The van der Waals surface area contributed by atoms with Crippen molar-refractivity contribution in [2.75, 3.05) is 11.9 Å². The van der Waals surface area contributed by atoms with Crippen molar-refractivity contribution < 1.29 is 9.59 Å². The first-order valence-corrected chi connectivity index (χ1v) is 8.91. The molecule has 2 aliphatic rings. The number of amides is 2. The summed E-state index contributed by atoms with van der Waals surface area (Å²) < 4.78 is 0. The van der Waals surface area contributed by atoms with Gasteiger partial charge in [-0.3, -0.25) is 14.4 Å². The van der Waals surface area contributed by atoms with Gasteiger partial charge in [0.25, 0.3) is 11.5 Å². The van der Waals surface area contributed by atoms with Crippen LogP contribution in [0.3, 0.4) is 0 Å². The van der Waals surface area contributed by atoms with Crippen molar-refractivity contribution in [2.45, 2.75) is 38.1 Å². The van der Waals surface area contributed by atoms with Gasteiger partial charge >= 0.3 is 0 Å². The number of anilines is 1. The van der Waals surface area contributed by atoms with Crippen molar-refractivity contribution in [2.24, 2.45) is 0 Å². The molecule has 7 heteroatoms. The molecule has 2 aromatic rings. The number of H-pyrrole nitrogens is 1. The number of carbonyl (C=O) groups excluding carboxylic acids is 2. The number of nitrogens with one attached hydrogen (secondary N) is 2. The van der Waals surface area contributed by atoms with E-state index < -0.39 is 0 Å². The standard InChI is InChI=1S/C19H20N4O3/c24-17-5-1-3-12-11-13(6-7-14(12)20-17)19(26)23-10-2-4-16(23)15-8-9-18(25)22-21-15/h6-9,11,16H,1-5,10H2,(H,20,24)(H,22,25). The number of benzene rings is 1. The summed E-state index contributed by atoms with van der Waals surface area (Å²) >= 11 is 0. The SMILES string of the molecule is O=C1CCCc2cc(C(=O)N3CCCC3c3ccc(=O)[nH]n3)ccc2N1. The molecule has 2 amide bonds. The van der Waals surface area contributed by atoms with Crippen LogP contribution in [-0.4, -0.2) is 33.5 Å². The lowest BCUT2D eigenvalue weighted by atomic mass is 10.0. The summed E-state index contributed by atoms with van der Waals surface area (Å²) in [6.45, 7) is 0.665. The van der Waals surface area contributed by atoms with Gasteiger partial charge in [-0.1, -0.05) is 0 Å². The number of carbonyl (C=O) groups is 2. The van der Waals surface area contributed by atoms with Crippen LogP contribution in [0.4, 0.5) is 5.69 Å². The predicted molar refractivity (Wildman–Crippen MR) is 95.9 cm³/mol. The molecule has 3 heterocycles. The largest absolute Gasteiger partial charge is 0.330 e. The van der Waals surface area contributed by atoms with E-state index in [9.17, 15) is 14.4 Å². The fourth-order valence-electron chi connectivity index (χ4n) is 3.73. The van der Waals surface area contributed by atoms with Crippen LogP contribution in [0.25, 0.3) is 0 Å². The van der Waals surface area contributed by atoms with Gasteiger partial charge in [-0.2, -0.15) is 5.10 Å². The zero-order valence-corrected chi connectivity index (χ0v) is 14.3.